The number of thiazole rings is 1. The number of nitrogens with two attached hydrogens (primary N) is 1. The Labute approximate surface area is 103 Å². The third kappa shape index (κ3) is 1.88. The van der Waals surface area contributed by atoms with Gasteiger partial charge in [0.2, 0.25) is 0 Å². The van der Waals surface area contributed by atoms with Crippen LogP contribution in [0, 0.1) is 6.92 Å². The van der Waals surface area contributed by atoms with Crippen molar-refractivity contribution in [2.45, 2.75) is 19.5 Å². The van der Waals surface area contributed by atoms with Crippen molar-refractivity contribution in [1.29, 1.82) is 0 Å². The highest BCUT2D eigenvalue weighted by Gasteiger charge is 2.23. The first kappa shape index (κ1) is 10.9. The Morgan fingerprint density at radius 3 is 3.06 bits per heavy atom. The lowest BCUT2D eigenvalue weighted by molar-refractivity contribution is 0.140. The van der Waals surface area contributed by atoms with Gasteiger partial charge in [0, 0.05) is 42.8 Å². The van der Waals surface area contributed by atoms with Crippen molar-refractivity contribution in [3.63, 3.8) is 0 Å². The molecule has 1 aliphatic rings. The van der Waals surface area contributed by atoms with Gasteiger partial charge in [0.1, 0.15) is 0 Å². The van der Waals surface area contributed by atoms with Gasteiger partial charge < -0.3 is 5.73 Å². The molecule has 2 aromatic rings. The first-order chi connectivity index (χ1) is 8.13. The van der Waals surface area contributed by atoms with E-state index in [1.807, 2.05) is 12.3 Å². The largest absolute Gasteiger partial charge is 0.325 e. The minimum absolute atomic E-state index is 0.00794. The van der Waals surface area contributed by atoms with E-state index in [9.17, 15) is 4.79 Å². The molecule has 2 aromatic heterocycles. The fourth-order valence-corrected chi connectivity index (χ4v) is 3.04. The van der Waals surface area contributed by atoms with E-state index in [2.05, 4.69) is 9.88 Å². The molecule has 0 atom stereocenters. The average molecular weight is 250 g/mol. The van der Waals surface area contributed by atoms with E-state index in [4.69, 9.17) is 5.73 Å². The van der Waals surface area contributed by atoms with Crippen molar-refractivity contribution in [2.24, 2.45) is 5.73 Å². The molecule has 0 bridgehead atoms. The number of rotatable bonds is 2. The molecule has 0 amide bonds. The Morgan fingerprint density at radius 2 is 2.35 bits per heavy atom. The summed E-state index contributed by atoms with van der Waals surface area (Å²) in [5.74, 6) is 0. The van der Waals surface area contributed by atoms with Gasteiger partial charge in [0.25, 0.3) is 5.56 Å². The van der Waals surface area contributed by atoms with Gasteiger partial charge in [-0.25, -0.2) is 4.98 Å². The van der Waals surface area contributed by atoms with Gasteiger partial charge >= 0.3 is 0 Å². The smallest absolute Gasteiger partial charge is 0.259 e. The van der Waals surface area contributed by atoms with Crippen LogP contribution in [0.5, 0.6) is 0 Å². The summed E-state index contributed by atoms with van der Waals surface area (Å²) in [5, 5.41) is 1.95. The minimum Gasteiger partial charge on any atom is -0.325 e. The maximum Gasteiger partial charge on any atom is 0.259 e. The molecule has 5 nitrogen and oxygen atoms in total. The summed E-state index contributed by atoms with van der Waals surface area (Å²) in [4.78, 5) is 19.4. The second kappa shape index (κ2) is 3.90. The van der Waals surface area contributed by atoms with Crippen molar-refractivity contribution < 1.29 is 0 Å². The molecule has 0 spiro atoms. The van der Waals surface area contributed by atoms with Crippen molar-refractivity contribution >= 4 is 16.3 Å². The summed E-state index contributed by atoms with van der Waals surface area (Å²) < 4.78 is 1.65. The Bertz CT molecular complexity index is 611. The molecule has 3 heterocycles. The lowest BCUT2D eigenvalue weighted by atomic mass is 10.1. The highest BCUT2D eigenvalue weighted by Crippen LogP contribution is 2.14. The van der Waals surface area contributed by atoms with E-state index in [1.165, 1.54) is 11.3 Å². The van der Waals surface area contributed by atoms with Crippen LogP contribution in [-0.2, 0) is 6.54 Å². The summed E-state index contributed by atoms with van der Waals surface area (Å²) in [6, 6.07) is 1.90. The summed E-state index contributed by atoms with van der Waals surface area (Å²) in [7, 11) is 0. The molecule has 1 aliphatic heterocycles. The van der Waals surface area contributed by atoms with Crippen LogP contribution in [0.2, 0.25) is 0 Å². The standard InChI is InChI=1S/C11H14N4OS/c1-7-6-17-11-13-9(2-10(16)15(7)11)5-14-3-8(12)4-14/h2,6,8H,3-5,12H2,1H3. The second-order valence-electron chi connectivity index (χ2n) is 4.53. The van der Waals surface area contributed by atoms with Gasteiger partial charge in [-0.1, -0.05) is 0 Å². The second-order valence-corrected chi connectivity index (χ2v) is 5.37. The number of fused-ring (bicyclic) bond motifs is 1. The van der Waals surface area contributed by atoms with Crippen molar-refractivity contribution in [2.75, 3.05) is 13.1 Å². The predicted molar refractivity (Wildman–Crippen MR) is 67.3 cm³/mol. The summed E-state index contributed by atoms with van der Waals surface area (Å²) in [5.41, 5.74) is 7.51. The van der Waals surface area contributed by atoms with E-state index < -0.39 is 0 Å². The summed E-state index contributed by atoms with van der Waals surface area (Å²) in [6.45, 7) is 4.42. The number of hydrogen-bond acceptors (Lipinski definition) is 5. The van der Waals surface area contributed by atoms with Crippen LogP contribution >= 0.6 is 11.3 Å². The highest BCUT2D eigenvalue weighted by atomic mass is 32.1. The summed E-state index contributed by atoms with van der Waals surface area (Å²) >= 11 is 1.50. The lowest BCUT2D eigenvalue weighted by Crippen LogP contribution is -2.55. The molecule has 1 fully saturated rings. The van der Waals surface area contributed by atoms with Crippen molar-refractivity contribution in [1.82, 2.24) is 14.3 Å². The van der Waals surface area contributed by atoms with E-state index in [1.54, 1.807) is 10.5 Å². The lowest BCUT2D eigenvalue weighted by Gasteiger charge is -2.36. The fourth-order valence-electron chi connectivity index (χ4n) is 2.15. The Kier molecular flexibility index (Phi) is 2.50. The molecule has 0 aromatic carbocycles. The molecule has 0 radical (unpaired) electrons. The molecule has 1 saturated heterocycles. The molecule has 2 N–H and O–H groups in total. The monoisotopic (exact) mass is 250 g/mol. The van der Waals surface area contributed by atoms with E-state index in [0.717, 1.165) is 36.0 Å². The molecule has 6 heteroatoms. The Morgan fingerprint density at radius 1 is 1.59 bits per heavy atom. The number of aromatic nitrogens is 2. The third-order valence-corrected chi connectivity index (χ3v) is 3.94. The molecule has 90 valence electrons. The zero-order chi connectivity index (χ0) is 12.0. The van der Waals surface area contributed by atoms with Crippen LogP contribution in [0.4, 0.5) is 0 Å². The van der Waals surface area contributed by atoms with Gasteiger partial charge in [0.05, 0.1) is 5.69 Å². The molecular weight excluding hydrogens is 236 g/mol. The van der Waals surface area contributed by atoms with Crippen LogP contribution in [0.3, 0.4) is 0 Å². The summed E-state index contributed by atoms with van der Waals surface area (Å²) in [6.07, 6.45) is 0. The topological polar surface area (TPSA) is 63.6 Å². The molecule has 17 heavy (non-hydrogen) atoms. The number of likely N-dealkylation sites (tertiary alicyclic amines) is 1. The highest BCUT2D eigenvalue weighted by molar-refractivity contribution is 7.15. The molecule has 3 rings (SSSR count). The maximum absolute atomic E-state index is 11.9. The van der Waals surface area contributed by atoms with Gasteiger partial charge in [-0.15, -0.1) is 11.3 Å². The minimum atomic E-state index is 0.00794. The van der Waals surface area contributed by atoms with Crippen molar-refractivity contribution in [3.05, 3.63) is 33.2 Å². The fraction of sp³-hybridized carbons (Fsp3) is 0.455. The van der Waals surface area contributed by atoms with Gasteiger partial charge in [-0.3, -0.25) is 14.1 Å². The van der Waals surface area contributed by atoms with Gasteiger partial charge in [0.15, 0.2) is 4.96 Å². The van der Waals surface area contributed by atoms with Gasteiger partial charge in [-0.05, 0) is 6.92 Å². The van der Waals surface area contributed by atoms with Crippen LogP contribution in [0.25, 0.3) is 4.96 Å². The number of hydrogen-bond donors (Lipinski definition) is 1. The van der Waals surface area contributed by atoms with Crippen LogP contribution in [0.15, 0.2) is 16.2 Å². The average Bonchev–Trinajstić information content (AvgIpc) is 2.58. The Balaban J connectivity index is 1.93. The number of aryl methyl sites for hydroxylation is 1. The van der Waals surface area contributed by atoms with Crippen LogP contribution in [0.1, 0.15) is 11.4 Å². The quantitative estimate of drug-likeness (QED) is 0.827. The molecule has 0 unspecified atom stereocenters. The zero-order valence-electron chi connectivity index (χ0n) is 9.59. The van der Waals surface area contributed by atoms with Crippen LogP contribution in [-0.4, -0.2) is 33.4 Å². The Hall–Kier alpha value is -1.24. The van der Waals surface area contributed by atoms with E-state index in [0.29, 0.717) is 0 Å². The molecular formula is C11H14N4OS. The van der Waals surface area contributed by atoms with E-state index in [-0.39, 0.29) is 11.6 Å². The molecule has 0 saturated carbocycles. The zero-order valence-corrected chi connectivity index (χ0v) is 10.4. The SMILES string of the molecule is Cc1csc2nc(CN3CC(N)C3)cc(=O)n12. The van der Waals surface area contributed by atoms with E-state index >= 15 is 0 Å². The molecule has 0 aliphatic carbocycles. The number of nitrogens with zero attached hydrogens (tertiary/aromatic N) is 3. The first-order valence-corrected chi connectivity index (χ1v) is 6.46. The maximum atomic E-state index is 11.9. The van der Waals surface area contributed by atoms with Crippen LogP contribution < -0.4 is 11.3 Å². The first-order valence-electron chi connectivity index (χ1n) is 5.58. The van der Waals surface area contributed by atoms with Crippen molar-refractivity contribution in [3.8, 4) is 0 Å². The third-order valence-electron chi connectivity index (χ3n) is 3.00. The van der Waals surface area contributed by atoms with Gasteiger partial charge in [-0.2, -0.15) is 0 Å². The predicted octanol–water partition coefficient (Wildman–Crippen LogP) is 0.207. The normalized spacial score (nSPS) is 17.5.